The molecule has 0 saturated carbocycles. The highest BCUT2D eigenvalue weighted by atomic mass is 35.5. The fraction of sp³-hybridized carbons (Fsp3) is 0.167. The average Bonchev–Trinajstić information content (AvgIpc) is 3.29. The summed E-state index contributed by atoms with van der Waals surface area (Å²) in [6, 6.07) is 8.53. The van der Waals surface area contributed by atoms with Crippen molar-refractivity contribution in [3.05, 3.63) is 70.4 Å². The maximum atomic E-state index is 13.2. The Hall–Kier alpha value is -3.40. The molecule has 29 heavy (non-hydrogen) atoms. The van der Waals surface area contributed by atoms with Crippen molar-refractivity contribution in [1.29, 1.82) is 0 Å². The van der Waals surface area contributed by atoms with E-state index in [1.54, 1.807) is 13.0 Å². The number of rotatable bonds is 5. The van der Waals surface area contributed by atoms with Gasteiger partial charge in [0.15, 0.2) is 5.65 Å². The van der Waals surface area contributed by atoms with Gasteiger partial charge in [0, 0.05) is 10.7 Å². The summed E-state index contributed by atoms with van der Waals surface area (Å²) in [4.78, 5) is 20.8. The van der Waals surface area contributed by atoms with E-state index in [2.05, 4.69) is 25.5 Å². The quantitative estimate of drug-likeness (QED) is 0.536. The van der Waals surface area contributed by atoms with Crippen molar-refractivity contribution in [2.75, 3.05) is 5.32 Å². The largest absolute Gasteiger partial charge is 0.289 e. The second kappa shape index (κ2) is 7.55. The van der Waals surface area contributed by atoms with Crippen molar-refractivity contribution >= 4 is 29.1 Å². The monoisotopic (exact) mass is 417 g/mol. The third-order valence-electron chi connectivity index (χ3n) is 4.15. The van der Waals surface area contributed by atoms with Crippen LogP contribution in [0.3, 0.4) is 0 Å². The lowest BCUT2D eigenvalue weighted by atomic mass is 10.2. The molecule has 0 bridgehead atoms. The predicted octanol–water partition coefficient (Wildman–Crippen LogP) is 3.52. The average molecular weight is 418 g/mol. The van der Waals surface area contributed by atoms with Gasteiger partial charge in [0.1, 0.15) is 17.6 Å². The van der Waals surface area contributed by atoms with Crippen LogP contribution in [0.15, 0.2) is 42.9 Å². The molecule has 0 fully saturated rings. The summed E-state index contributed by atoms with van der Waals surface area (Å²) in [5.74, 6) is -0.544. The van der Waals surface area contributed by atoms with Gasteiger partial charge in [-0.1, -0.05) is 29.8 Å². The number of hydrogen-bond donors (Lipinski definition) is 1. The van der Waals surface area contributed by atoms with Crippen LogP contribution in [-0.4, -0.2) is 35.3 Å². The molecule has 0 aliphatic heterocycles. The number of benzene rings is 1. The van der Waals surface area contributed by atoms with Gasteiger partial charge in [0.2, 0.25) is 5.95 Å². The summed E-state index contributed by atoms with van der Waals surface area (Å²) >= 11 is 6.14. The third kappa shape index (κ3) is 3.79. The van der Waals surface area contributed by atoms with Crippen LogP contribution in [0.4, 0.5) is 14.7 Å². The van der Waals surface area contributed by atoms with Crippen molar-refractivity contribution in [2.45, 2.75) is 19.9 Å². The number of aryl methyl sites for hydroxylation is 1. The number of fused-ring (bicyclic) bond motifs is 1. The second-order valence-corrected chi connectivity index (χ2v) is 6.64. The summed E-state index contributed by atoms with van der Waals surface area (Å²) in [7, 11) is 0. The number of carbonyl (C=O) groups is 1. The minimum atomic E-state index is -2.75. The van der Waals surface area contributed by atoms with Crippen LogP contribution in [0.25, 0.3) is 5.65 Å². The van der Waals surface area contributed by atoms with Gasteiger partial charge in [-0.25, -0.2) is 27.9 Å². The van der Waals surface area contributed by atoms with Crippen molar-refractivity contribution in [1.82, 2.24) is 29.4 Å². The normalized spacial score (nSPS) is 11.3. The van der Waals surface area contributed by atoms with Crippen molar-refractivity contribution in [3.8, 4) is 0 Å². The molecule has 11 heteroatoms. The maximum absolute atomic E-state index is 13.2. The summed E-state index contributed by atoms with van der Waals surface area (Å²) in [6.07, 6.45) is -0.118. The first kappa shape index (κ1) is 18.9. The SMILES string of the molecule is Cc1cc(C(F)F)n2ncc(C(=O)Nc3ncn(Cc4ccccc4Cl)n3)c2n1. The maximum Gasteiger partial charge on any atom is 0.280 e. The zero-order valence-electron chi connectivity index (χ0n) is 15.1. The Labute approximate surface area is 168 Å². The Morgan fingerprint density at radius 1 is 1.31 bits per heavy atom. The highest BCUT2D eigenvalue weighted by Gasteiger charge is 2.21. The highest BCUT2D eigenvalue weighted by Crippen LogP contribution is 2.22. The van der Waals surface area contributed by atoms with Crippen LogP contribution in [0.1, 0.15) is 33.7 Å². The Morgan fingerprint density at radius 2 is 2.10 bits per heavy atom. The molecule has 0 radical (unpaired) electrons. The van der Waals surface area contributed by atoms with Crippen LogP contribution in [0.2, 0.25) is 5.02 Å². The highest BCUT2D eigenvalue weighted by molar-refractivity contribution is 6.31. The minimum absolute atomic E-state index is 0.0355. The lowest BCUT2D eigenvalue weighted by Crippen LogP contribution is -2.14. The molecule has 8 nitrogen and oxygen atoms in total. The van der Waals surface area contributed by atoms with Gasteiger partial charge in [0.05, 0.1) is 12.7 Å². The number of nitrogens with zero attached hydrogens (tertiary/aromatic N) is 6. The van der Waals surface area contributed by atoms with E-state index in [9.17, 15) is 13.6 Å². The second-order valence-electron chi connectivity index (χ2n) is 6.23. The molecule has 0 aliphatic rings. The first-order valence-corrected chi connectivity index (χ1v) is 8.88. The zero-order valence-corrected chi connectivity index (χ0v) is 15.8. The predicted molar refractivity (Wildman–Crippen MR) is 101 cm³/mol. The Balaban J connectivity index is 1.56. The van der Waals surface area contributed by atoms with E-state index < -0.39 is 12.3 Å². The fourth-order valence-corrected chi connectivity index (χ4v) is 3.02. The lowest BCUT2D eigenvalue weighted by molar-refractivity contribution is 0.102. The van der Waals surface area contributed by atoms with Crippen LogP contribution in [0.5, 0.6) is 0 Å². The van der Waals surface area contributed by atoms with E-state index in [-0.39, 0.29) is 22.9 Å². The number of nitrogens with one attached hydrogen (secondary N) is 1. The van der Waals surface area contributed by atoms with E-state index in [1.165, 1.54) is 23.3 Å². The number of anilines is 1. The minimum Gasteiger partial charge on any atom is -0.289 e. The van der Waals surface area contributed by atoms with E-state index in [0.717, 1.165) is 10.1 Å². The molecule has 3 aromatic heterocycles. The van der Waals surface area contributed by atoms with Gasteiger partial charge in [-0.05, 0) is 24.6 Å². The van der Waals surface area contributed by atoms with Crippen LogP contribution in [-0.2, 0) is 6.54 Å². The number of alkyl halides is 2. The molecule has 1 amide bonds. The Morgan fingerprint density at radius 3 is 2.86 bits per heavy atom. The summed E-state index contributed by atoms with van der Waals surface area (Å²) in [6.45, 7) is 1.94. The molecular formula is C18H14ClF2N7O. The lowest BCUT2D eigenvalue weighted by Gasteiger charge is -2.05. The first-order valence-electron chi connectivity index (χ1n) is 8.50. The van der Waals surface area contributed by atoms with Crippen LogP contribution < -0.4 is 5.32 Å². The van der Waals surface area contributed by atoms with Crippen LogP contribution >= 0.6 is 11.6 Å². The molecule has 4 rings (SSSR count). The van der Waals surface area contributed by atoms with Crippen molar-refractivity contribution < 1.29 is 13.6 Å². The molecule has 0 unspecified atom stereocenters. The van der Waals surface area contributed by atoms with Gasteiger partial charge >= 0.3 is 0 Å². The third-order valence-corrected chi connectivity index (χ3v) is 4.52. The molecule has 3 heterocycles. The molecule has 1 N–H and O–H groups in total. The van der Waals surface area contributed by atoms with Gasteiger partial charge in [0.25, 0.3) is 12.3 Å². The van der Waals surface area contributed by atoms with Crippen molar-refractivity contribution in [3.63, 3.8) is 0 Å². The van der Waals surface area contributed by atoms with Gasteiger partial charge in [-0.15, -0.1) is 5.10 Å². The van der Waals surface area contributed by atoms with E-state index >= 15 is 0 Å². The molecule has 0 spiro atoms. The smallest absolute Gasteiger partial charge is 0.280 e. The molecule has 0 saturated heterocycles. The topological polar surface area (TPSA) is 90.0 Å². The molecule has 148 valence electrons. The standard InChI is InChI=1S/C18H14ClF2N7O/c1-10-6-14(15(20)21)28-16(24-10)12(7-23-28)17(29)25-18-22-9-27(26-18)8-11-4-2-3-5-13(11)19/h2-7,9,15H,8H2,1H3,(H,25,26,29). The van der Waals surface area contributed by atoms with Gasteiger partial charge in [-0.2, -0.15) is 5.10 Å². The number of halogens is 3. The van der Waals surface area contributed by atoms with Gasteiger partial charge in [-0.3, -0.25) is 10.1 Å². The van der Waals surface area contributed by atoms with E-state index in [4.69, 9.17) is 11.6 Å². The number of hydrogen-bond acceptors (Lipinski definition) is 5. The number of carbonyl (C=O) groups excluding carboxylic acids is 1. The van der Waals surface area contributed by atoms with Gasteiger partial charge < -0.3 is 0 Å². The molecular weight excluding hydrogens is 404 g/mol. The van der Waals surface area contributed by atoms with E-state index in [1.807, 2.05) is 18.2 Å². The summed E-state index contributed by atoms with van der Waals surface area (Å²) < 4.78 is 28.9. The Bertz CT molecular complexity index is 1200. The van der Waals surface area contributed by atoms with Crippen molar-refractivity contribution in [2.24, 2.45) is 0 Å². The van der Waals surface area contributed by atoms with E-state index in [0.29, 0.717) is 17.3 Å². The van der Waals surface area contributed by atoms with Crippen LogP contribution in [0, 0.1) is 6.92 Å². The Kier molecular flexibility index (Phi) is 4.93. The molecule has 0 atom stereocenters. The fourth-order valence-electron chi connectivity index (χ4n) is 2.83. The molecule has 0 aliphatic carbocycles. The number of amides is 1. The summed E-state index contributed by atoms with van der Waals surface area (Å²) in [5.41, 5.74) is 0.934. The number of aromatic nitrogens is 6. The zero-order chi connectivity index (χ0) is 20.5. The summed E-state index contributed by atoms with van der Waals surface area (Å²) in [5, 5.41) is 11.2. The molecule has 1 aromatic carbocycles. The first-order chi connectivity index (χ1) is 13.9. The molecule has 4 aromatic rings.